The van der Waals surface area contributed by atoms with Gasteiger partial charge >= 0.3 is 5.97 Å². The number of nitrogens with one attached hydrogen (secondary N) is 2. The summed E-state index contributed by atoms with van der Waals surface area (Å²) in [4.78, 5) is 23.7. The molecule has 2 aromatic rings. The summed E-state index contributed by atoms with van der Waals surface area (Å²) in [5.74, 6) is -0.514. The van der Waals surface area contributed by atoms with Gasteiger partial charge in [-0.25, -0.2) is 4.79 Å². The van der Waals surface area contributed by atoms with Gasteiger partial charge < -0.3 is 15.4 Å². The molecule has 0 aromatic heterocycles. The number of ether oxygens (including phenoxy) is 1. The highest BCUT2D eigenvalue weighted by molar-refractivity contribution is 5.94. The van der Waals surface area contributed by atoms with Gasteiger partial charge in [0.25, 0.3) is 0 Å². The molecule has 0 aliphatic rings. The van der Waals surface area contributed by atoms with Gasteiger partial charge in [-0.15, -0.1) is 0 Å². The Hall–Kier alpha value is -2.82. The molecule has 0 unspecified atom stereocenters. The van der Waals surface area contributed by atoms with Gasteiger partial charge in [-0.2, -0.15) is 0 Å². The van der Waals surface area contributed by atoms with Crippen molar-refractivity contribution >= 4 is 23.3 Å². The van der Waals surface area contributed by atoms with E-state index in [9.17, 15) is 9.59 Å². The molecule has 0 saturated heterocycles. The fourth-order valence-corrected chi connectivity index (χ4v) is 1.94. The maximum Gasteiger partial charge on any atom is 0.338 e. The highest BCUT2D eigenvalue weighted by atomic mass is 16.5. The topological polar surface area (TPSA) is 67.4 Å². The quantitative estimate of drug-likeness (QED) is 0.770. The smallest absolute Gasteiger partial charge is 0.338 e. The number of benzene rings is 2. The molecule has 1 amide bonds. The highest BCUT2D eigenvalue weighted by Crippen LogP contribution is 2.12. The third-order valence-electron chi connectivity index (χ3n) is 3.05. The number of esters is 1. The second kappa shape index (κ2) is 8.58. The first-order valence-corrected chi connectivity index (χ1v) is 7.55. The van der Waals surface area contributed by atoms with E-state index in [0.717, 1.165) is 12.1 Å². The number of hydrogen-bond acceptors (Lipinski definition) is 4. The summed E-state index contributed by atoms with van der Waals surface area (Å²) in [6.07, 6.45) is 0.781. The van der Waals surface area contributed by atoms with E-state index in [1.54, 1.807) is 24.3 Å². The third kappa shape index (κ3) is 5.47. The number of amides is 1. The Kier molecular flexibility index (Phi) is 6.17. The van der Waals surface area contributed by atoms with Crippen molar-refractivity contribution in [2.24, 2.45) is 0 Å². The predicted molar refractivity (Wildman–Crippen MR) is 90.6 cm³/mol. The Labute approximate surface area is 135 Å². The van der Waals surface area contributed by atoms with Crippen LogP contribution in [0.5, 0.6) is 0 Å². The molecule has 0 spiro atoms. The van der Waals surface area contributed by atoms with Crippen molar-refractivity contribution in [3.05, 3.63) is 60.2 Å². The first-order valence-electron chi connectivity index (χ1n) is 7.55. The predicted octanol–water partition coefficient (Wildman–Crippen LogP) is 3.30. The highest BCUT2D eigenvalue weighted by Gasteiger charge is 2.08. The monoisotopic (exact) mass is 312 g/mol. The lowest BCUT2D eigenvalue weighted by Gasteiger charge is -2.09. The van der Waals surface area contributed by atoms with Crippen molar-refractivity contribution in [2.45, 2.75) is 13.3 Å². The van der Waals surface area contributed by atoms with Crippen molar-refractivity contribution in [1.82, 2.24) is 0 Å². The molecule has 2 aromatic carbocycles. The van der Waals surface area contributed by atoms with Crippen molar-refractivity contribution in [3.8, 4) is 0 Å². The van der Waals surface area contributed by atoms with Gasteiger partial charge in [0.05, 0.1) is 18.7 Å². The van der Waals surface area contributed by atoms with Crippen LogP contribution in [-0.4, -0.2) is 25.0 Å². The first kappa shape index (κ1) is 16.5. The van der Waals surface area contributed by atoms with E-state index in [4.69, 9.17) is 4.74 Å². The van der Waals surface area contributed by atoms with E-state index in [-0.39, 0.29) is 18.4 Å². The van der Waals surface area contributed by atoms with E-state index in [1.807, 2.05) is 37.3 Å². The van der Waals surface area contributed by atoms with E-state index in [0.29, 0.717) is 17.9 Å². The molecule has 0 atom stereocenters. The first-order chi connectivity index (χ1) is 11.2. The van der Waals surface area contributed by atoms with E-state index in [1.165, 1.54) is 0 Å². The zero-order valence-electron chi connectivity index (χ0n) is 13.0. The van der Waals surface area contributed by atoms with Crippen LogP contribution < -0.4 is 10.6 Å². The lowest BCUT2D eigenvalue weighted by molar-refractivity contribution is -0.114. The fourth-order valence-electron chi connectivity index (χ4n) is 1.94. The molecule has 0 aliphatic carbocycles. The molecule has 2 rings (SSSR count). The van der Waals surface area contributed by atoms with Crippen LogP contribution in [0.4, 0.5) is 11.4 Å². The molecule has 0 aliphatic heterocycles. The van der Waals surface area contributed by atoms with Gasteiger partial charge in [-0.1, -0.05) is 31.2 Å². The molecule has 0 radical (unpaired) electrons. The molecule has 120 valence electrons. The van der Waals surface area contributed by atoms with Crippen LogP contribution in [-0.2, 0) is 9.53 Å². The molecular formula is C18H20N2O3. The van der Waals surface area contributed by atoms with Crippen LogP contribution in [0.1, 0.15) is 23.7 Å². The standard InChI is InChI=1S/C18H20N2O3/c1-2-11-23-18(22)14-7-6-10-16(12-14)19-13-17(21)20-15-8-4-3-5-9-15/h3-10,12,19H,2,11,13H2,1H3,(H,20,21). The van der Waals surface area contributed by atoms with Crippen LogP contribution in [0.3, 0.4) is 0 Å². The zero-order chi connectivity index (χ0) is 16.5. The van der Waals surface area contributed by atoms with Crippen LogP contribution >= 0.6 is 0 Å². The Morgan fingerprint density at radius 3 is 2.48 bits per heavy atom. The van der Waals surface area contributed by atoms with Crippen molar-refractivity contribution in [3.63, 3.8) is 0 Å². The van der Waals surface area contributed by atoms with Crippen LogP contribution in [0.15, 0.2) is 54.6 Å². The summed E-state index contributed by atoms with van der Waals surface area (Å²) in [6.45, 7) is 2.45. The summed E-state index contributed by atoms with van der Waals surface area (Å²) in [5.41, 5.74) is 1.90. The van der Waals surface area contributed by atoms with Gasteiger partial charge in [0.15, 0.2) is 0 Å². The van der Waals surface area contributed by atoms with Gasteiger partial charge in [0.1, 0.15) is 0 Å². The minimum absolute atomic E-state index is 0.113. The Balaban J connectivity index is 1.88. The van der Waals surface area contributed by atoms with Crippen LogP contribution in [0, 0.1) is 0 Å². The van der Waals surface area contributed by atoms with Gasteiger partial charge in [0.2, 0.25) is 5.91 Å². The molecular weight excluding hydrogens is 292 g/mol. The number of rotatable bonds is 7. The lowest BCUT2D eigenvalue weighted by atomic mass is 10.2. The third-order valence-corrected chi connectivity index (χ3v) is 3.05. The normalized spacial score (nSPS) is 9.96. The number of carbonyl (C=O) groups is 2. The Morgan fingerprint density at radius 1 is 1.00 bits per heavy atom. The maximum atomic E-state index is 11.9. The number of hydrogen-bond donors (Lipinski definition) is 2. The maximum absolute atomic E-state index is 11.9. The Bertz CT molecular complexity index is 656. The summed E-state index contributed by atoms with van der Waals surface area (Å²) in [5, 5.41) is 5.78. The number of carbonyl (C=O) groups excluding carboxylic acids is 2. The van der Waals surface area contributed by atoms with E-state index >= 15 is 0 Å². The molecule has 2 N–H and O–H groups in total. The Morgan fingerprint density at radius 2 is 1.74 bits per heavy atom. The summed E-state index contributed by atoms with van der Waals surface area (Å²) in [6, 6.07) is 16.2. The lowest BCUT2D eigenvalue weighted by Crippen LogP contribution is -2.21. The molecule has 0 saturated carbocycles. The van der Waals surface area contributed by atoms with E-state index < -0.39 is 0 Å². The molecule has 0 bridgehead atoms. The second-order valence-electron chi connectivity index (χ2n) is 4.98. The zero-order valence-corrected chi connectivity index (χ0v) is 13.0. The van der Waals surface area contributed by atoms with Gasteiger partial charge in [-0.05, 0) is 36.8 Å². The largest absolute Gasteiger partial charge is 0.462 e. The SMILES string of the molecule is CCCOC(=O)c1cccc(NCC(=O)Nc2ccccc2)c1. The number of para-hydroxylation sites is 1. The summed E-state index contributed by atoms with van der Waals surface area (Å²) in [7, 11) is 0. The fraction of sp³-hybridized carbons (Fsp3) is 0.222. The van der Waals surface area contributed by atoms with E-state index in [2.05, 4.69) is 10.6 Å². The van der Waals surface area contributed by atoms with Gasteiger partial charge in [0, 0.05) is 11.4 Å². The van der Waals surface area contributed by atoms with Crippen molar-refractivity contribution in [2.75, 3.05) is 23.8 Å². The minimum atomic E-state index is -0.357. The summed E-state index contributed by atoms with van der Waals surface area (Å²) >= 11 is 0. The molecule has 0 heterocycles. The molecule has 5 nitrogen and oxygen atoms in total. The van der Waals surface area contributed by atoms with Crippen LogP contribution in [0.2, 0.25) is 0 Å². The minimum Gasteiger partial charge on any atom is -0.462 e. The van der Waals surface area contributed by atoms with Gasteiger partial charge in [-0.3, -0.25) is 4.79 Å². The average molecular weight is 312 g/mol. The van der Waals surface area contributed by atoms with Crippen LogP contribution in [0.25, 0.3) is 0 Å². The average Bonchev–Trinajstić information content (AvgIpc) is 2.59. The van der Waals surface area contributed by atoms with Crippen molar-refractivity contribution in [1.29, 1.82) is 0 Å². The second-order valence-corrected chi connectivity index (χ2v) is 4.98. The van der Waals surface area contributed by atoms with Crippen molar-refractivity contribution < 1.29 is 14.3 Å². The molecule has 23 heavy (non-hydrogen) atoms. The molecule has 0 fully saturated rings. The summed E-state index contributed by atoms with van der Waals surface area (Å²) < 4.78 is 5.09. The number of anilines is 2. The molecule has 5 heteroatoms.